The molecule has 0 aromatic carbocycles. The molecule has 0 saturated carbocycles. The van der Waals surface area contributed by atoms with Crippen LogP contribution >= 0.6 is 0 Å². The fraction of sp³-hybridized carbons (Fsp3) is 1.00. The van der Waals surface area contributed by atoms with Gasteiger partial charge in [-0.25, -0.2) is 0 Å². The van der Waals surface area contributed by atoms with Crippen LogP contribution in [0.15, 0.2) is 0 Å². The van der Waals surface area contributed by atoms with Crippen LogP contribution in [0.1, 0.15) is 48.5 Å². The molecule has 1 rings (SSSR count). The van der Waals surface area contributed by atoms with Crippen LogP contribution in [0.5, 0.6) is 0 Å². The number of aliphatic hydroxyl groups excluding tert-OH is 3. The van der Waals surface area contributed by atoms with Crippen molar-refractivity contribution in [3.05, 3.63) is 0 Å². The van der Waals surface area contributed by atoms with Crippen molar-refractivity contribution in [1.82, 2.24) is 5.32 Å². The van der Waals surface area contributed by atoms with Crippen molar-refractivity contribution in [3.63, 3.8) is 0 Å². The fourth-order valence-electron chi connectivity index (χ4n) is 1.73. The molecule has 0 radical (unpaired) electrons. The minimum Gasteiger partial charge on any atom is -0.389 e. The third-order valence-electron chi connectivity index (χ3n) is 2.57. The molecule has 0 amide bonds. The van der Waals surface area contributed by atoms with Crippen molar-refractivity contribution in [2.24, 2.45) is 5.41 Å². The fourth-order valence-corrected chi connectivity index (χ4v) is 1.73. The van der Waals surface area contributed by atoms with Crippen molar-refractivity contribution in [2.75, 3.05) is 6.54 Å². The molecule has 4 heteroatoms. The molecule has 0 aromatic rings. The van der Waals surface area contributed by atoms with Gasteiger partial charge in [-0.1, -0.05) is 48.5 Å². The molecule has 0 aliphatic carbocycles. The Hall–Kier alpha value is -0.160. The summed E-state index contributed by atoms with van der Waals surface area (Å²) in [4.78, 5) is 0. The summed E-state index contributed by atoms with van der Waals surface area (Å²) in [6.45, 7) is 14.3. The Morgan fingerprint density at radius 3 is 1.65 bits per heavy atom. The summed E-state index contributed by atoms with van der Waals surface area (Å²) in [6, 6.07) is -0.175. The van der Waals surface area contributed by atoms with Crippen LogP contribution in [-0.4, -0.2) is 46.2 Å². The molecular formula is C13H31NO3. The lowest BCUT2D eigenvalue weighted by molar-refractivity contribution is -0.110. The van der Waals surface area contributed by atoms with Gasteiger partial charge in [-0.05, 0) is 5.41 Å². The van der Waals surface area contributed by atoms with Crippen LogP contribution in [0.3, 0.4) is 0 Å². The van der Waals surface area contributed by atoms with E-state index in [0.29, 0.717) is 6.54 Å². The molecule has 1 heterocycles. The monoisotopic (exact) mass is 249 g/mol. The van der Waals surface area contributed by atoms with Gasteiger partial charge in [0.2, 0.25) is 0 Å². The average molecular weight is 249 g/mol. The lowest BCUT2D eigenvalue weighted by Crippen LogP contribution is -2.63. The molecule has 106 valence electrons. The Morgan fingerprint density at radius 2 is 1.29 bits per heavy atom. The highest BCUT2D eigenvalue weighted by atomic mass is 16.4. The van der Waals surface area contributed by atoms with E-state index < -0.39 is 18.3 Å². The van der Waals surface area contributed by atoms with Gasteiger partial charge in [0.05, 0.1) is 12.2 Å². The van der Waals surface area contributed by atoms with E-state index in [-0.39, 0.29) is 11.5 Å². The Morgan fingerprint density at radius 1 is 0.882 bits per heavy atom. The summed E-state index contributed by atoms with van der Waals surface area (Å²) in [5, 5.41) is 31.4. The van der Waals surface area contributed by atoms with E-state index in [0.717, 1.165) is 0 Å². The molecule has 1 saturated heterocycles. The number of hydrogen-bond donors (Lipinski definition) is 4. The van der Waals surface area contributed by atoms with Crippen LogP contribution in [0.25, 0.3) is 0 Å². The molecule has 4 atom stereocenters. The van der Waals surface area contributed by atoms with Crippen LogP contribution in [-0.2, 0) is 0 Å². The number of β-amino-alcohol motifs (C(OH)–C–C–N with tert-alkyl or cyclic N) is 1. The second-order valence-electron chi connectivity index (χ2n) is 4.80. The van der Waals surface area contributed by atoms with Crippen LogP contribution in [0.4, 0.5) is 0 Å². The smallest absolute Gasteiger partial charge is 0.108 e. The Balaban J connectivity index is 0. The van der Waals surface area contributed by atoms with Crippen molar-refractivity contribution in [3.8, 4) is 0 Å². The first-order valence-corrected chi connectivity index (χ1v) is 6.61. The highest BCUT2D eigenvalue weighted by Gasteiger charge is 2.41. The highest BCUT2D eigenvalue weighted by molar-refractivity contribution is 4.97. The Bertz CT molecular complexity index is 180. The van der Waals surface area contributed by atoms with Crippen LogP contribution < -0.4 is 5.32 Å². The number of aliphatic hydroxyl groups is 3. The van der Waals surface area contributed by atoms with Gasteiger partial charge in [0.25, 0.3) is 0 Å². The lowest BCUT2D eigenvalue weighted by atomic mass is 9.79. The van der Waals surface area contributed by atoms with E-state index in [1.54, 1.807) is 0 Å². The second-order valence-corrected chi connectivity index (χ2v) is 4.80. The van der Waals surface area contributed by atoms with Gasteiger partial charge >= 0.3 is 0 Å². The largest absolute Gasteiger partial charge is 0.389 e. The quantitative estimate of drug-likeness (QED) is 0.519. The lowest BCUT2D eigenvalue weighted by Gasteiger charge is -2.42. The maximum atomic E-state index is 9.67. The van der Waals surface area contributed by atoms with Crippen molar-refractivity contribution < 1.29 is 15.3 Å². The first-order chi connectivity index (χ1) is 7.84. The van der Waals surface area contributed by atoms with Crippen LogP contribution in [0.2, 0.25) is 0 Å². The first-order valence-electron chi connectivity index (χ1n) is 6.61. The number of hydrogen-bond acceptors (Lipinski definition) is 4. The maximum Gasteiger partial charge on any atom is 0.108 e. The number of nitrogens with one attached hydrogen (secondary N) is 1. The first kappa shape index (κ1) is 19.2. The number of piperidine rings is 1. The van der Waals surface area contributed by atoms with Gasteiger partial charge in [-0.15, -0.1) is 0 Å². The maximum absolute atomic E-state index is 9.67. The predicted octanol–water partition coefficient (Wildman–Crippen LogP) is 1.14. The molecule has 1 fully saturated rings. The van der Waals surface area contributed by atoms with Gasteiger partial charge in [-0.2, -0.15) is 0 Å². The molecule has 1 aliphatic heterocycles. The summed E-state index contributed by atoms with van der Waals surface area (Å²) in [5.74, 6) is 0. The molecule has 0 bridgehead atoms. The standard InChI is InChI=1S/C9H19NO3.2C2H6/c1-9(2,3)8-7(13)6(12)5(11)4-10-8;2*1-2/h5-8,10-13H,4H2,1-3H3;2*1-2H3. The van der Waals surface area contributed by atoms with Crippen molar-refractivity contribution in [2.45, 2.75) is 72.8 Å². The van der Waals surface area contributed by atoms with Crippen molar-refractivity contribution >= 4 is 0 Å². The Labute approximate surface area is 106 Å². The van der Waals surface area contributed by atoms with E-state index in [1.165, 1.54) is 0 Å². The summed E-state index contributed by atoms with van der Waals surface area (Å²) in [6.07, 6.45) is -2.80. The Kier molecular flexibility index (Phi) is 10.0. The average Bonchev–Trinajstić information content (AvgIpc) is 2.30. The molecule has 0 aromatic heterocycles. The zero-order valence-electron chi connectivity index (χ0n) is 12.4. The minimum absolute atomic E-state index is 0.124. The molecule has 4 unspecified atom stereocenters. The van der Waals surface area contributed by atoms with E-state index in [1.807, 2.05) is 48.5 Å². The summed E-state index contributed by atoms with van der Waals surface area (Å²) >= 11 is 0. The normalized spacial score (nSPS) is 32.8. The molecule has 17 heavy (non-hydrogen) atoms. The van der Waals surface area contributed by atoms with Gasteiger partial charge < -0.3 is 20.6 Å². The molecular weight excluding hydrogens is 218 g/mol. The summed E-state index contributed by atoms with van der Waals surface area (Å²) < 4.78 is 0. The van der Waals surface area contributed by atoms with E-state index in [9.17, 15) is 15.3 Å². The molecule has 0 spiro atoms. The molecule has 4 N–H and O–H groups in total. The SMILES string of the molecule is CC.CC.CC(C)(C)C1NCC(O)C(O)C1O. The third kappa shape index (κ3) is 5.82. The van der Waals surface area contributed by atoms with E-state index in [4.69, 9.17) is 0 Å². The minimum atomic E-state index is -1.04. The van der Waals surface area contributed by atoms with Crippen LogP contribution in [0, 0.1) is 5.41 Å². The van der Waals surface area contributed by atoms with E-state index in [2.05, 4.69) is 5.32 Å². The van der Waals surface area contributed by atoms with Gasteiger partial charge in [0.1, 0.15) is 6.10 Å². The highest BCUT2D eigenvalue weighted by Crippen LogP contribution is 2.26. The zero-order valence-corrected chi connectivity index (χ0v) is 12.4. The van der Waals surface area contributed by atoms with Gasteiger partial charge in [0.15, 0.2) is 0 Å². The van der Waals surface area contributed by atoms with Gasteiger partial charge in [0, 0.05) is 12.6 Å². The molecule has 1 aliphatic rings. The summed E-state index contributed by atoms with van der Waals surface area (Å²) in [7, 11) is 0. The third-order valence-corrected chi connectivity index (χ3v) is 2.57. The van der Waals surface area contributed by atoms with Gasteiger partial charge in [-0.3, -0.25) is 0 Å². The topological polar surface area (TPSA) is 72.7 Å². The number of rotatable bonds is 0. The van der Waals surface area contributed by atoms with Crippen molar-refractivity contribution in [1.29, 1.82) is 0 Å². The van der Waals surface area contributed by atoms with E-state index >= 15 is 0 Å². The molecule has 4 nitrogen and oxygen atoms in total. The summed E-state index contributed by atoms with van der Waals surface area (Å²) in [5.41, 5.74) is -0.124. The predicted molar refractivity (Wildman–Crippen MR) is 72.0 cm³/mol. The second kappa shape index (κ2) is 8.86. The zero-order chi connectivity index (χ0) is 14.2.